The zero-order chi connectivity index (χ0) is 12.8. The Balaban J connectivity index is 1.95. The predicted molar refractivity (Wildman–Crippen MR) is 75.5 cm³/mol. The van der Waals surface area contributed by atoms with E-state index in [0.717, 1.165) is 22.3 Å². The minimum absolute atomic E-state index is 0.631. The van der Waals surface area contributed by atoms with Crippen LogP contribution in [0.5, 0.6) is 23.0 Å². The van der Waals surface area contributed by atoms with Crippen molar-refractivity contribution < 1.29 is 9.47 Å². The molecule has 3 aromatic carbocycles. The van der Waals surface area contributed by atoms with Gasteiger partial charge in [0.1, 0.15) is 0 Å². The van der Waals surface area contributed by atoms with Crippen LogP contribution in [0.4, 0.5) is 0 Å². The maximum Gasteiger partial charge on any atom is 0.177 e. The molecule has 19 heavy (non-hydrogen) atoms. The largest absolute Gasteiger partial charge is 0.449 e. The number of hydrogen-bond acceptors (Lipinski definition) is 2. The molecule has 0 N–H and O–H groups in total. The lowest BCUT2D eigenvalue weighted by Crippen LogP contribution is -1.99. The Morgan fingerprint density at radius 2 is 1.58 bits per heavy atom. The third-order valence-corrected chi connectivity index (χ3v) is 3.42. The summed E-state index contributed by atoms with van der Waals surface area (Å²) in [7, 11) is 0. The fourth-order valence-corrected chi connectivity index (χ4v) is 2.45. The maximum atomic E-state index is 5.99. The van der Waals surface area contributed by atoms with Crippen molar-refractivity contribution in [2.75, 3.05) is 0 Å². The van der Waals surface area contributed by atoms with E-state index < -0.39 is 0 Å². The molecule has 0 unspecified atom stereocenters. The third-order valence-electron chi connectivity index (χ3n) is 3.18. The molecule has 0 fully saturated rings. The first kappa shape index (κ1) is 10.7. The molecule has 0 saturated carbocycles. The number of halogens is 1. The van der Waals surface area contributed by atoms with Crippen molar-refractivity contribution in [1.82, 2.24) is 0 Å². The van der Waals surface area contributed by atoms with E-state index in [1.54, 1.807) is 12.1 Å². The number of benzene rings is 3. The first-order valence-electron chi connectivity index (χ1n) is 5.98. The van der Waals surface area contributed by atoms with Crippen LogP contribution in [-0.2, 0) is 0 Å². The highest BCUT2D eigenvalue weighted by Gasteiger charge is 2.20. The van der Waals surface area contributed by atoms with Crippen LogP contribution in [0.3, 0.4) is 0 Å². The van der Waals surface area contributed by atoms with Crippen LogP contribution in [-0.4, -0.2) is 0 Å². The zero-order valence-electron chi connectivity index (χ0n) is 9.89. The molecule has 3 heteroatoms. The molecular formula is C16H9ClO2. The summed E-state index contributed by atoms with van der Waals surface area (Å²) in [5, 5.41) is 2.78. The van der Waals surface area contributed by atoms with Crippen molar-refractivity contribution >= 4 is 22.4 Å². The molecular weight excluding hydrogens is 260 g/mol. The van der Waals surface area contributed by atoms with Gasteiger partial charge < -0.3 is 9.47 Å². The lowest BCUT2D eigenvalue weighted by molar-refractivity contribution is 0.363. The van der Waals surface area contributed by atoms with Crippen LogP contribution in [0.1, 0.15) is 0 Å². The van der Waals surface area contributed by atoms with Crippen molar-refractivity contribution in [1.29, 1.82) is 0 Å². The van der Waals surface area contributed by atoms with E-state index in [-0.39, 0.29) is 0 Å². The summed E-state index contributed by atoms with van der Waals surface area (Å²) in [6.45, 7) is 0. The van der Waals surface area contributed by atoms with Crippen molar-refractivity contribution in [2.45, 2.75) is 0 Å². The molecule has 0 aliphatic carbocycles. The summed E-state index contributed by atoms with van der Waals surface area (Å²) in [5.74, 6) is 2.81. The summed E-state index contributed by atoms with van der Waals surface area (Å²) in [4.78, 5) is 0. The van der Waals surface area contributed by atoms with E-state index >= 15 is 0 Å². The van der Waals surface area contributed by atoms with Crippen LogP contribution in [0, 0.1) is 0 Å². The molecule has 1 heterocycles. The molecule has 0 saturated heterocycles. The molecule has 1 aliphatic rings. The minimum atomic E-state index is 0.631. The summed E-state index contributed by atoms with van der Waals surface area (Å²) < 4.78 is 11.8. The first-order valence-corrected chi connectivity index (χ1v) is 6.36. The Morgan fingerprint density at radius 3 is 2.53 bits per heavy atom. The average Bonchev–Trinajstić information content (AvgIpc) is 2.45. The van der Waals surface area contributed by atoms with Gasteiger partial charge in [0.2, 0.25) is 0 Å². The van der Waals surface area contributed by atoms with E-state index in [9.17, 15) is 0 Å². The lowest BCUT2D eigenvalue weighted by atomic mass is 10.1. The summed E-state index contributed by atoms with van der Waals surface area (Å²) in [5.41, 5.74) is 0. The van der Waals surface area contributed by atoms with Gasteiger partial charge >= 0.3 is 0 Å². The van der Waals surface area contributed by atoms with Gasteiger partial charge in [-0.05, 0) is 23.6 Å². The van der Waals surface area contributed by atoms with E-state index in [1.807, 2.05) is 42.5 Å². The Morgan fingerprint density at radius 1 is 0.737 bits per heavy atom. The second kappa shape index (κ2) is 3.90. The highest BCUT2D eigenvalue weighted by atomic mass is 35.5. The van der Waals surface area contributed by atoms with Gasteiger partial charge in [0.05, 0.1) is 0 Å². The Kier molecular flexibility index (Phi) is 2.20. The van der Waals surface area contributed by atoms with Gasteiger partial charge in [-0.2, -0.15) is 0 Å². The van der Waals surface area contributed by atoms with E-state index in [1.165, 1.54) is 0 Å². The highest BCUT2D eigenvalue weighted by Crippen LogP contribution is 2.48. The molecule has 0 radical (unpaired) electrons. The van der Waals surface area contributed by atoms with Crippen LogP contribution in [0.2, 0.25) is 5.02 Å². The summed E-state index contributed by atoms with van der Waals surface area (Å²) in [6.07, 6.45) is 0. The second-order valence-corrected chi connectivity index (χ2v) is 4.85. The van der Waals surface area contributed by atoms with Gasteiger partial charge in [-0.1, -0.05) is 41.9 Å². The lowest BCUT2D eigenvalue weighted by Gasteiger charge is -2.21. The highest BCUT2D eigenvalue weighted by molar-refractivity contribution is 6.30. The van der Waals surface area contributed by atoms with Crippen LogP contribution >= 0.6 is 11.6 Å². The molecule has 0 spiro atoms. The van der Waals surface area contributed by atoms with Gasteiger partial charge in [-0.15, -0.1) is 0 Å². The first-order chi connectivity index (χ1) is 9.31. The SMILES string of the molecule is Clc1ccc2c(c1)Oc1c(ccc3ccccc13)O2. The minimum Gasteiger partial charge on any atom is -0.449 e. The molecule has 0 aromatic heterocycles. The second-order valence-electron chi connectivity index (χ2n) is 4.41. The van der Waals surface area contributed by atoms with E-state index in [4.69, 9.17) is 21.1 Å². The number of hydrogen-bond donors (Lipinski definition) is 0. The standard InChI is InChI=1S/C16H9ClO2/c17-11-6-8-13-15(9-11)19-16-12-4-2-1-3-10(12)5-7-14(16)18-13/h1-9H. The smallest absolute Gasteiger partial charge is 0.177 e. The van der Waals surface area contributed by atoms with Crippen LogP contribution in [0.15, 0.2) is 54.6 Å². The summed E-state index contributed by atoms with van der Waals surface area (Å²) >= 11 is 5.99. The van der Waals surface area contributed by atoms with Crippen LogP contribution < -0.4 is 9.47 Å². The molecule has 1 aliphatic heterocycles. The van der Waals surface area contributed by atoms with Crippen molar-refractivity contribution in [2.24, 2.45) is 0 Å². The van der Waals surface area contributed by atoms with Crippen molar-refractivity contribution in [3.8, 4) is 23.0 Å². The Hall–Kier alpha value is -2.19. The van der Waals surface area contributed by atoms with Gasteiger partial charge in [-0.25, -0.2) is 0 Å². The van der Waals surface area contributed by atoms with Crippen LogP contribution in [0.25, 0.3) is 10.8 Å². The van der Waals surface area contributed by atoms with Gasteiger partial charge in [-0.3, -0.25) is 0 Å². The molecule has 2 nitrogen and oxygen atoms in total. The third kappa shape index (κ3) is 1.65. The van der Waals surface area contributed by atoms with Crippen molar-refractivity contribution in [3.63, 3.8) is 0 Å². The fraction of sp³-hybridized carbons (Fsp3) is 0. The fourth-order valence-electron chi connectivity index (χ4n) is 2.28. The van der Waals surface area contributed by atoms with Gasteiger partial charge in [0.15, 0.2) is 23.0 Å². The monoisotopic (exact) mass is 268 g/mol. The Bertz CT molecular complexity index is 796. The van der Waals surface area contributed by atoms with Gasteiger partial charge in [0, 0.05) is 16.5 Å². The molecule has 0 bridgehead atoms. The normalized spacial score (nSPS) is 12.3. The number of rotatable bonds is 0. The number of fused-ring (bicyclic) bond motifs is 4. The zero-order valence-corrected chi connectivity index (χ0v) is 10.6. The Labute approximate surface area is 115 Å². The quantitative estimate of drug-likeness (QED) is 0.426. The van der Waals surface area contributed by atoms with E-state index in [2.05, 4.69) is 0 Å². The molecule has 4 rings (SSSR count). The topological polar surface area (TPSA) is 18.5 Å². The predicted octanol–water partition coefficient (Wildman–Crippen LogP) is 5.39. The molecule has 0 amide bonds. The number of ether oxygens (including phenoxy) is 2. The van der Waals surface area contributed by atoms with E-state index in [0.29, 0.717) is 16.5 Å². The molecule has 92 valence electrons. The van der Waals surface area contributed by atoms with Crippen molar-refractivity contribution in [3.05, 3.63) is 59.6 Å². The average molecular weight is 269 g/mol. The molecule has 3 aromatic rings. The molecule has 0 atom stereocenters. The maximum absolute atomic E-state index is 5.99. The van der Waals surface area contributed by atoms with Gasteiger partial charge in [0.25, 0.3) is 0 Å². The summed E-state index contributed by atoms with van der Waals surface area (Å²) in [6, 6.07) is 17.4.